The number of thiocarbonyl (C=S) groups is 2. The molecule has 138 valence electrons. The summed E-state index contributed by atoms with van der Waals surface area (Å²) >= 11 is 10.9. The quantitative estimate of drug-likeness (QED) is 0.255. The third kappa shape index (κ3) is 10.5. The standard InChI is InChI=1S/C20H35NOS2/c1-3-4-5-6-7-8-9-10-11-12-14-18(23)19(24)20(2,17-21)15-13-16-22/h22H,3-16H2,1-2H3. The number of rotatable bonds is 16. The average molecular weight is 370 g/mol. The molecule has 0 aromatic heterocycles. The van der Waals surface area contributed by atoms with E-state index >= 15 is 0 Å². The largest absolute Gasteiger partial charge is 0.396 e. The molecule has 4 heteroatoms. The molecule has 0 aromatic carbocycles. The Morgan fingerprint density at radius 3 is 1.88 bits per heavy atom. The smallest absolute Gasteiger partial charge is 0.0907 e. The van der Waals surface area contributed by atoms with Crippen LogP contribution in [0.4, 0.5) is 0 Å². The molecule has 24 heavy (non-hydrogen) atoms. The second-order valence-corrected chi connectivity index (χ2v) is 7.86. The van der Waals surface area contributed by atoms with Crippen LogP contribution in [0.25, 0.3) is 0 Å². The Kier molecular flexibility index (Phi) is 14.7. The summed E-state index contributed by atoms with van der Waals surface area (Å²) in [5.74, 6) is 0. The van der Waals surface area contributed by atoms with E-state index in [0.29, 0.717) is 17.7 Å². The number of aliphatic hydroxyl groups excluding tert-OH is 1. The van der Waals surface area contributed by atoms with Gasteiger partial charge < -0.3 is 5.11 Å². The van der Waals surface area contributed by atoms with E-state index in [1.54, 1.807) is 0 Å². The molecule has 2 nitrogen and oxygen atoms in total. The second kappa shape index (κ2) is 14.9. The highest BCUT2D eigenvalue weighted by molar-refractivity contribution is 7.89. The van der Waals surface area contributed by atoms with Crippen LogP contribution in [-0.2, 0) is 0 Å². The summed E-state index contributed by atoms with van der Waals surface area (Å²) in [6.07, 6.45) is 15.0. The van der Waals surface area contributed by atoms with Crippen molar-refractivity contribution in [1.29, 1.82) is 5.26 Å². The number of nitriles is 1. The van der Waals surface area contributed by atoms with Crippen LogP contribution in [0.2, 0.25) is 0 Å². The van der Waals surface area contributed by atoms with Gasteiger partial charge in [-0.2, -0.15) is 5.26 Å². The van der Waals surface area contributed by atoms with Crippen molar-refractivity contribution in [2.45, 2.75) is 97.3 Å². The van der Waals surface area contributed by atoms with Crippen molar-refractivity contribution in [2.24, 2.45) is 5.41 Å². The van der Waals surface area contributed by atoms with Gasteiger partial charge in [-0.25, -0.2) is 0 Å². The Balaban J connectivity index is 3.81. The van der Waals surface area contributed by atoms with Crippen molar-refractivity contribution in [3.05, 3.63) is 0 Å². The fourth-order valence-electron chi connectivity index (χ4n) is 2.85. The van der Waals surface area contributed by atoms with Crippen LogP contribution in [0.15, 0.2) is 0 Å². The van der Waals surface area contributed by atoms with Crippen LogP contribution in [0, 0.1) is 16.7 Å². The van der Waals surface area contributed by atoms with Crippen LogP contribution in [0.5, 0.6) is 0 Å². The van der Waals surface area contributed by atoms with E-state index in [1.807, 2.05) is 6.92 Å². The van der Waals surface area contributed by atoms with Crippen molar-refractivity contribution in [3.63, 3.8) is 0 Å². The van der Waals surface area contributed by atoms with Crippen molar-refractivity contribution in [1.82, 2.24) is 0 Å². The molecule has 1 unspecified atom stereocenters. The molecule has 0 aliphatic rings. The highest BCUT2D eigenvalue weighted by atomic mass is 32.1. The number of aliphatic hydroxyl groups is 1. The van der Waals surface area contributed by atoms with Gasteiger partial charge in [0.2, 0.25) is 0 Å². The molecular weight excluding hydrogens is 334 g/mol. The van der Waals surface area contributed by atoms with Crippen LogP contribution in [0.3, 0.4) is 0 Å². The lowest BCUT2D eigenvalue weighted by Crippen LogP contribution is -2.30. The first-order valence-corrected chi connectivity index (χ1v) is 10.4. The first kappa shape index (κ1) is 23.6. The first-order chi connectivity index (χ1) is 11.5. The van der Waals surface area contributed by atoms with Gasteiger partial charge >= 0.3 is 0 Å². The van der Waals surface area contributed by atoms with Gasteiger partial charge in [0.1, 0.15) is 0 Å². The first-order valence-electron chi connectivity index (χ1n) is 9.61. The lowest BCUT2D eigenvalue weighted by atomic mass is 9.81. The van der Waals surface area contributed by atoms with Crippen molar-refractivity contribution < 1.29 is 5.11 Å². The third-order valence-electron chi connectivity index (χ3n) is 4.59. The Morgan fingerprint density at radius 2 is 1.42 bits per heavy atom. The summed E-state index contributed by atoms with van der Waals surface area (Å²) in [7, 11) is 0. The summed E-state index contributed by atoms with van der Waals surface area (Å²) < 4.78 is 0. The molecule has 0 saturated heterocycles. The van der Waals surface area contributed by atoms with E-state index in [0.717, 1.165) is 17.7 Å². The van der Waals surface area contributed by atoms with Crippen molar-refractivity contribution in [3.8, 4) is 6.07 Å². The van der Waals surface area contributed by atoms with Gasteiger partial charge in [-0.05, 0) is 32.6 Å². The van der Waals surface area contributed by atoms with Gasteiger partial charge in [0.15, 0.2) is 0 Å². The molecule has 0 aromatic rings. The minimum atomic E-state index is -0.701. The van der Waals surface area contributed by atoms with Crippen molar-refractivity contribution in [2.75, 3.05) is 6.61 Å². The molecule has 0 heterocycles. The second-order valence-electron chi connectivity index (χ2n) is 6.96. The predicted molar refractivity (Wildman–Crippen MR) is 112 cm³/mol. The van der Waals surface area contributed by atoms with Crippen LogP contribution in [-0.4, -0.2) is 21.4 Å². The fraction of sp³-hybridized carbons (Fsp3) is 0.850. The molecule has 0 fully saturated rings. The zero-order valence-corrected chi connectivity index (χ0v) is 17.2. The molecular formula is C20H35NOS2. The summed E-state index contributed by atoms with van der Waals surface area (Å²) in [6, 6.07) is 2.29. The minimum absolute atomic E-state index is 0.0884. The molecule has 0 spiro atoms. The van der Waals surface area contributed by atoms with Gasteiger partial charge in [0.05, 0.1) is 11.5 Å². The average Bonchev–Trinajstić information content (AvgIpc) is 2.60. The molecule has 0 amide bonds. The summed E-state index contributed by atoms with van der Waals surface area (Å²) in [4.78, 5) is 1.39. The number of hydrogen-bond donors (Lipinski definition) is 1. The molecule has 0 radical (unpaired) electrons. The molecule has 0 bridgehead atoms. The van der Waals surface area contributed by atoms with Gasteiger partial charge in [-0.1, -0.05) is 89.1 Å². The normalized spacial score (nSPS) is 13.2. The van der Waals surface area contributed by atoms with Gasteiger partial charge in [-0.3, -0.25) is 0 Å². The topological polar surface area (TPSA) is 44.0 Å². The zero-order valence-electron chi connectivity index (χ0n) is 15.6. The Labute approximate surface area is 160 Å². The molecule has 0 aliphatic carbocycles. The summed E-state index contributed by atoms with van der Waals surface area (Å²) in [6.45, 7) is 4.18. The third-order valence-corrected chi connectivity index (χ3v) is 5.83. The molecule has 1 atom stereocenters. The monoisotopic (exact) mass is 369 g/mol. The highest BCUT2D eigenvalue weighted by Gasteiger charge is 2.30. The van der Waals surface area contributed by atoms with Crippen molar-refractivity contribution >= 4 is 34.2 Å². The Hall–Kier alpha value is -0.370. The number of unbranched alkanes of at least 4 members (excludes halogenated alkanes) is 9. The van der Waals surface area contributed by atoms with E-state index in [-0.39, 0.29) is 6.61 Å². The minimum Gasteiger partial charge on any atom is -0.396 e. The highest BCUT2D eigenvalue weighted by Crippen LogP contribution is 2.27. The zero-order chi connectivity index (χ0) is 18.3. The molecule has 0 rings (SSSR count). The van der Waals surface area contributed by atoms with Gasteiger partial charge in [-0.15, -0.1) is 0 Å². The van der Waals surface area contributed by atoms with E-state index in [1.165, 1.54) is 57.8 Å². The maximum absolute atomic E-state index is 9.40. The fourth-order valence-corrected chi connectivity index (χ4v) is 3.47. The molecule has 1 N–H and O–H groups in total. The van der Waals surface area contributed by atoms with Gasteiger partial charge in [0.25, 0.3) is 0 Å². The van der Waals surface area contributed by atoms with E-state index < -0.39 is 5.41 Å². The maximum Gasteiger partial charge on any atom is 0.0907 e. The van der Waals surface area contributed by atoms with Crippen LogP contribution >= 0.6 is 24.4 Å². The lowest BCUT2D eigenvalue weighted by molar-refractivity contribution is 0.274. The van der Waals surface area contributed by atoms with Gasteiger partial charge in [0, 0.05) is 16.3 Å². The van der Waals surface area contributed by atoms with E-state index in [4.69, 9.17) is 29.5 Å². The van der Waals surface area contributed by atoms with E-state index in [9.17, 15) is 5.26 Å². The summed E-state index contributed by atoms with van der Waals surface area (Å²) in [5.41, 5.74) is -0.701. The predicted octanol–water partition coefficient (Wildman–Crippen LogP) is 6.34. The molecule has 0 aliphatic heterocycles. The summed E-state index contributed by atoms with van der Waals surface area (Å²) in [5, 5.41) is 18.4. The Bertz CT molecular complexity index is 403. The SMILES string of the molecule is CCCCCCCCCCCCC(=S)C(=S)C(C)(C#N)CCCO. The molecule has 0 saturated carbocycles. The number of hydrogen-bond acceptors (Lipinski definition) is 4. The van der Waals surface area contributed by atoms with Crippen LogP contribution in [0.1, 0.15) is 97.3 Å². The maximum atomic E-state index is 9.40. The number of nitrogens with zero attached hydrogens (tertiary/aromatic N) is 1. The van der Waals surface area contributed by atoms with Crippen LogP contribution < -0.4 is 0 Å². The van der Waals surface area contributed by atoms with E-state index in [2.05, 4.69) is 13.0 Å². The lowest BCUT2D eigenvalue weighted by Gasteiger charge is -2.23. The Morgan fingerprint density at radius 1 is 0.917 bits per heavy atom.